The molecule has 1 atom stereocenters. The lowest BCUT2D eigenvalue weighted by molar-refractivity contribution is -0.129. The molecule has 1 aliphatic rings. The predicted octanol–water partition coefficient (Wildman–Crippen LogP) is 2.29. The molecule has 3 rings (SSSR count). The van der Waals surface area contributed by atoms with Crippen molar-refractivity contribution in [1.82, 2.24) is 25.5 Å². The number of nitrogens with one attached hydrogen (secondary N) is 3. The molecule has 27 heavy (non-hydrogen) atoms. The van der Waals surface area contributed by atoms with Gasteiger partial charge >= 0.3 is 0 Å². The number of halogens is 1. The number of benzene rings is 1. The minimum atomic E-state index is 0. The largest absolute Gasteiger partial charge is 0.357 e. The monoisotopic (exact) mass is 484 g/mol. The molecule has 2 aromatic rings. The van der Waals surface area contributed by atoms with E-state index in [-0.39, 0.29) is 35.9 Å². The number of likely N-dealkylation sites (tertiary alicyclic amines) is 1. The molecule has 1 unspecified atom stereocenters. The third kappa shape index (κ3) is 5.82. The van der Waals surface area contributed by atoms with Gasteiger partial charge in [0, 0.05) is 45.1 Å². The Kier molecular flexibility index (Phi) is 8.33. The quantitative estimate of drug-likeness (QED) is 0.334. The Morgan fingerprint density at radius 1 is 1.37 bits per heavy atom. The van der Waals surface area contributed by atoms with Crippen molar-refractivity contribution in [3.8, 4) is 0 Å². The maximum absolute atomic E-state index is 11.8. The van der Waals surface area contributed by atoms with E-state index in [0.29, 0.717) is 13.0 Å². The van der Waals surface area contributed by atoms with Crippen LogP contribution in [-0.2, 0) is 11.2 Å². The van der Waals surface area contributed by atoms with E-state index >= 15 is 0 Å². The molecule has 0 saturated carbocycles. The molecule has 0 aliphatic carbocycles. The lowest BCUT2D eigenvalue weighted by Crippen LogP contribution is -2.45. The molecule has 0 radical (unpaired) electrons. The number of nitrogens with zero attached hydrogens (tertiary/aromatic N) is 3. The summed E-state index contributed by atoms with van der Waals surface area (Å²) < 4.78 is 0. The lowest BCUT2D eigenvalue weighted by Gasteiger charge is -2.18. The van der Waals surface area contributed by atoms with Crippen LogP contribution in [0.3, 0.4) is 0 Å². The standard InChI is InChI=1S/C19H28N6O.HI/c1-3-18(26)25-12-10-14(13-25)22-19(20-4-2)21-11-9-17-23-15-7-5-6-8-16(15)24-17;/h5-8,14H,3-4,9-13H2,1-2H3,(H,23,24)(H2,20,21,22);1H. The van der Waals surface area contributed by atoms with E-state index in [1.165, 1.54) is 0 Å². The summed E-state index contributed by atoms with van der Waals surface area (Å²) in [5.41, 5.74) is 2.05. The number of carbonyl (C=O) groups excluding carboxylic acids is 1. The van der Waals surface area contributed by atoms with Gasteiger partial charge in [-0.05, 0) is 25.5 Å². The number of hydrogen-bond acceptors (Lipinski definition) is 3. The van der Waals surface area contributed by atoms with Crippen LogP contribution in [0.5, 0.6) is 0 Å². The number of aromatic nitrogens is 2. The Morgan fingerprint density at radius 3 is 2.93 bits per heavy atom. The number of rotatable bonds is 6. The molecular weight excluding hydrogens is 455 g/mol. The van der Waals surface area contributed by atoms with Gasteiger partial charge in [-0.1, -0.05) is 19.1 Å². The van der Waals surface area contributed by atoms with Gasteiger partial charge in [0.2, 0.25) is 5.91 Å². The molecule has 7 nitrogen and oxygen atoms in total. The average Bonchev–Trinajstić information content (AvgIpc) is 3.27. The maximum Gasteiger partial charge on any atom is 0.222 e. The fourth-order valence-electron chi connectivity index (χ4n) is 3.24. The van der Waals surface area contributed by atoms with Crippen LogP contribution >= 0.6 is 24.0 Å². The van der Waals surface area contributed by atoms with E-state index in [4.69, 9.17) is 0 Å². The third-order valence-corrected chi connectivity index (χ3v) is 4.59. The number of aliphatic imine (C=N–C) groups is 1. The zero-order valence-electron chi connectivity index (χ0n) is 16.0. The number of amides is 1. The van der Waals surface area contributed by atoms with Crippen LogP contribution in [0, 0.1) is 0 Å². The first-order valence-electron chi connectivity index (χ1n) is 9.45. The van der Waals surface area contributed by atoms with E-state index in [2.05, 4.69) is 32.5 Å². The molecular formula is C19H29IN6O. The number of fused-ring (bicyclic) bond motifs is 1. The van der Waals surface area contributed by atoms with E-state index < -0.39 is 0 Å². The summed E-state index contributed by atoms with van der Waals surface area (Å²) in [6.07, 6.45) is 2.29. The highest BCUT2D eigenvalue weighted by Gasteiger charge is 2.25. The summed E-state index contributed by atoms with van der Waals surface area (Å²) in [5.74, 6) is 1.98. The lowest BCUT2D eigenvalue weighted by atomic mass is 10.3. The highest BCUT2D eigenvalue weighted by atomic mass is 127. The van der Waals surface area contributed by atoms with Gasteiger partial charge in [-0.25, -0.2) is 4.98 Å². The van der Waals surface area contributed by atoms with Gasteiger partial charge in [0.15, 0.2) is 5.96 Å². The van der Waals surface area contributed by atoms with Gasteiger partial charge in [0.25, 0.3) is 0 Å². The van der Waals surface area contributed by atoms with Gasteiger partial charge in [-0.15, -0.1) is 24.0 Å². The van der Waals surface area contributed by atoms with Crippen molar-refractivity contribution in [1.29, 1.82) is 0 Å². The average molecular weight is 484 g/mol. The topological polar surface area (TPSA) is 85.4 Å². The number of carbonyl (C=O) groups is 1. The van der Waals surface area contributed by atoms with Gasteiger partial charge in [0.05, 0.1) is 11.0 Å². The Labute approximate surface area is 177 Å². The Bertz CT molecular complexity index is 741. The molecule has 1 aromatic heterocycles. The fourth-order valence-corrected chi connectivity index (χ4v) is 3.24. The van der Waals surface area contributed by atoms with Crippen molar-refractivity contribution in [2.45, 2.75) is 39.2 Å². The number of para-hydroxylation sites is 2. The molecule has 8 heteroatoms. The van der Waals surface area contributed by atoms with Crippen LogP contribution in [0.4, 0.5) is 0 Å². The fraction of sp³-hybridized carbons (Fsp3) is 0.526. The second kappa shape index (κ2) is 10.5. The minimum absolute atomic E-state index is 0. The van der Waals surface area contributed by atoms with E-state index in [9.17, 15) is 4.79 Å². The first-order valence-corrected chi connectivity index (χ1v) is 9.45. The second-order valence-electron chi connectivity index (χ2n) is 6.53. The minimum Gasteiger partial charge on any atom is -0.357 e. The van der Waals surface area contributed by atoms with Crippen LogP contribution in [0.15, 0.2) is 29.3 Å². The van der Waals surface area contributed by atoms with Crippen LogP contribution < -0.4 is 10.6 Å². The Morgan fingerprint density at radius 2 is 2.19 bits per heavy atom. The molecule has 0 bridgehead atoms. The van der Waals surface area contributed by atoms with E-state index in [0.717, 1.165) is 55.3 Å². The molecule has 148 valence electrons. The van der Waals surface area contributed by atoms with Crippen molar-refractivity contribution < 1.29 is 4.79 Å². The maximum atomic E-state index is 11.8. The summed E-state index contributed by atoms with van der Waals surface area (Å²) in [6.45, 7) is 6.99. The zero-order chi connectivity index (χ0) is 18.4. The highest BCUT2D eigenvalue weighted by molar-refractivity contribution is 14.0. The molecule has 1 fully saturated rings. The van der Waals surface area contributed by atoms with Crippen molar-refractivity contribution >= 4 is 46.9 Å². The van der Waals surface area contributed by atoms with Crippen LogP contribution in [0.25, 0.3) is 11.0 Å². The van der Waals surface area contributed by atoms with Gasteiger partial charge < -0.3 is 20.5 Å². The molecule has 1 aromatic carbocycles. The zero-order valence-corrected chi connectivity index (χ0v) is 18.3. The number of H-pyrrole nitrogens is 1. The molecule has 1 aliphatic heterocycles. The van der Waals surface area contributed by atoms with Crippen molar-refractivity contribution in [3.05, 3.63) is 30.1 Å². The third-order valence-electron chi connectivity index (χ3n) is 4.59. The first kappa shape index (κ1) is 21.5. The molecule has 3 N–H and O–H groups in total. The second-order valence-corrected chi connectivity index (χ2v) is 6.53. The van der Waals surface area contributed by atoms with Crippen molar-refractivity contribution in [3.63, 3.8) is 0 Å². The van der Waals surface area contributed by atoms with Gasteiger partial charge in [0.1, 0.15) is 5.82 Å². The van der Waals surface area contributed by atoms with Crippen LogP contribution in [0.2, 0.25) is 0 Å². The van der Waals surface area contributed by atoms with Crippen molar-refractivity contribution in [2.24, 2.45) is 4.99 Å². The predicted molar refractivity (Wildman–Crippen MR) is 120 cm³/mol. The van der Waals surface area contributed by atoms with Gasteiger partial charge in [-0.2, -0.15) is 0 Å². The smallest absolute Gasteiger partial charge is 0.222 e. The number of imidazole rings is 1. The van der Waals surface area contributed by atoms with Crippen LogP contribution in [0.1, 0.15) is 32.5 Å². The van der Waals surface area contributed by atoms with Crippen LogP contribution in [-0.4, -0.2) is 59.0 Å². The molecule has 2 heterocycles. The number of hydrogen-bond donors (Lipinski definition) is 3. The SMILES string of the molecule is CCNC(=NCCc1nc2ccccc2[nH]1)NC1CCN(C(=O)CC)C1.I. The van der Waals surface area contributed by atoms with Crippen molar-refractivity contribution in [2.75, 3.05) is 26.2 Å². The van der Waals surface area contributed by atoms with E-state index in [1.807, 2.05) is 36.1 Å². The summed E-state index contributed by atoms with van der Waals surface area (Å²) in [6, 6.07) is 8.29. The molecule has 0 spiro atoms. The highest BCUT2D eigenvalue weighted by Crippen LogP contribution is 2.11. The number of guanidine groups is 1. The first-order chi connectivity index (χ1) is 12.7. The molecule has 1 amide bonds. The Balaban J connectivity index is 0.00000261. The summed E-state index contributed by atoms with van der Waals surface area (Å²) in [7, 11) is 0. The van der Waals surface area contributed by atoms with Gasteiger partial charge in [-0.3, -0.25) is 9.79 Å². The normalized spacial score (nSPS) is 17.0. The summed E-state index contributed by atoms with van der Waals surface area (Å²) in [4.78, 5) is 26.3. The number of aromatic amines is 1. The summed E-state index contributed by atoms with van der Waals surface area (Å²) in [5, 5.41) is 6.74. The van der Waals surface area contributed by atoms with E-state index in [1.54, 1.807) is 0 Å². The Hall–Kier alpha value is -1.84. The summed E-state index contributed by atoms with van der Waals surface area (Å²) >= 11 is 0. The molecule has 1 saturated heterocycles.